The molecule has 0 saturated carbocycles. The van der Waals surface area contributed by atoms with Crippen LogP contribution in [0.2, 0.25) is 0 Å². The third kappa shape index (κ3) is 5.28. The molecule has 12 heteroatoms. The molecule has 0 aliphatic carbocycles. The minimum atomic E-state index is -2.58. The number of H-pyrrole nitrogens is 2. The fraction of sp³-hybridized carbons (Fsp3) is 0.600. The van der Waals surface area contributed by atoms with Crippen molar-refractivity contribution in [1.29, 1.82) is 0 Å². The number of nitrogens with two attached hydrogens (primary N) is 2. The third-order valence-corrected chi connectivity index (χ3v) is 3.71. The maximum atomic E-state index is 11.6. The van der Waals surface area contributed by atoms with Gasteiger partial charge in [0, 0.05) is 0 Å². The van der Waals surface area contributed by atoms with E-state index >= 15 is 0 Å². The molecule has 0 bridgehead atoms. The standard InChI is InChI=1S/C10H19N8O3P/c11-7(9-13-5-15-17-9)1-3-20-22(19)21-4-2-8(12)10-14-6-16-18-10/h5-8,22H,1-4,11-12H2,(H,13,15,17)(H,14,16,18). The molecule has 0 aliphatic rings. The molecule has 0 amide bonds. The summed E-state index contributed by atoms with van der Waals surface area (Å²) in [4.78, 5) is 7.86. The van der Waals surface area contributed by atoms with E-state index in [9.17, 15) is 4.57 Å². The summed E-state index contributed by atoms with van der Waals surface area (Å²) in [6, 6.07) is -0.750. The van der Waals surface area contributed by atoms with Gasteiger partial charge in [0.05, 0.1) is 25.3 Å². The van der Waals surface area contributed by atoms with Crippen LogP contribution >= 0.6 is 8.25 Å². The average molecular weight is 330 g/mol. The second-order valence-electron chi connectivity index (χ2n) is 4.45. The summed E-state index contributed by atoms with van der Waals surface area (Å²) in [5.74, 6) is 0.975. The summed E-state index contributed by atoms with van der Waals surface area (Å²) in [6.45, 7) is 0.390. The highest BCUT2D eigenvalue weighted by molar-refractivity contribution is 7.33. The fourth-order valence-electron chi connectivity index (χ4n) is 1.63. The summed E-state index contributed by atoms with van der Waals surface area (Å²) in [6.07, 6.45) is 3.77. The van der Waals surface area contributed by atoms with Crippen LogP contribution in [-0.2, 0) is 13.6 Å². The second-order valence-corrected chi connectivity index (χ2v) is 5.53. The van der Waals surface area contributed by atoms with Crippen molar-refractivity contribution in [3.8, 4) is 0 Å². The van der Waals surface area contributed by atoms with E-state index in [0.29, 0.717) is 24.5 Å². The molecule has 2 rings (SSSR count). The van der Waals surface area contributed by atoms with Crippen molar-refractivity contribution in [3.63, 3.8) is 0 Å². The van der Waals surface area contributed by atoms with Gasteiger partial charge in [-0.05, 0) is 12.8 Å². The van der Waals surface area contributed by atoms with Crippen molar-refractivity contribution in [2.45, 2.75) is 24.9 Å². The lowest BCUT2D eigenvalue weighted by Crippen LogP contribution is -2.15. The smallest absolute Gasteiger partial charge is 0.319 e. The van der Waals surface area contributed by atoms with Crippen LogP contribution in [0.15, 0.2) is 12.7 Å². The number of nitrogens with zero attached hydrogens (tertiary/aromatic N) is 4. The summed E-state index contributed by atoms with van der Waals surface area (Å²) in [5.41, 5.74) is 11.7. The number of hydrogen-bond acceptors (Lipinski definition) is 9. The van der Waals surface area contributed by atoms with Crippen LogP contribution in [0.25, 0.3) is 0 Å². The van der Waals surface area contributed by atoms with Gasteiger partial charge in [0.15, 0.2) is 11.6 Å². The van der Waals surface area contributed by atoms with E-state index in [-0.39, 0.29) is 25.3 Å². The van der Waals surface area contributed by atoms with Gasteiger partial charge in [-0.2, -0.15) is 10.2 Å². The van der Waals surface area contributed by atoms with Crippen LogP contribution in [-0.4, -0.2) is 43.6 Å². The van der Waals surface area contributed by atoms with Crippen molar-refractivity contribution in [2.75, 3.05) is 13.2 Å². The second kappa shape index (κ2) is 8.71. The van der Waals surface area contributed by atoms with E-state index in [4.69, 9.17) is 20.5 Å². The SMILES string of the molecule is NC(CCO[PH](=O)OCCC(N)c1nc[nH]n1)c1nc[nH]n1. The van der Waals surface area contributed by atoms with E-state index < -0.39 is 8.25 Å². The Kier molecular flexibility index (Phi) is 6.62. The molecule has 6 N–H and O–H groups in total. The molecular weight excluding hydrogens is 311 g/mol. The lowest BCUT2D eigenvalue weighted by Gasteiger charge is -2.10. The van der Waals surface area contributed by atoms with Crippen molar-refractivity contribution in [1.82, 2.24) is 30.4 Å². The molecular formula is C10H19N8O3P. The third-order valence-electron chi connectivity index (χ3n) is 2.83. The van der Waals surface area contributed by atoms with E-state index in [2.05, 4.69) is 30.4 Å². The first-order chi connectivity index (χ1) is 10.7. The molecule has 0 aromatic carbocycles. The normalized spacial score (nSPS) is 15.5. The lowest BCUT2D eigenvalue weighted by molar-refractivity contribution is 0.213. The van der Waals surface area contributed by atoms with E-state index in [1.165, 1.54) is 12.7 Å². The highest BCUT2D eigenvalue weighted by atomic mass is 31.1. The Balaban J connectivity index is 1.56. The Morgan fingerprint density at radius 1 is 1.00 bits per heavy atom. The monoisotopic (exact) mass is 330 g/mol. The van der Waals surface area contributed by atoms with E-state index in [1.807, 2.05) is 0 Å². The molecule has 0 fully saturated rings. The van der Waals surface area contributed by atoms with Crippen LogP contribution in [0.5, 0.6) is 0 Å². The zero-order chi connectivity index (χ0) is 15.8. The van der Waals surface area contributed by atoms with Crippen LogP contribution in [0, 0.1) is 0 Å². The van der Waals surface area contributed by atoms with Gasteiger partial charge < -0.3 is 20.5 Å². The van der Waals surface area contributed by atoms with Crippen molar-refractivity contribution in [3.05, 3.63) is 24.3 Å². The molecule has 0 radical (unpaired) electrons. The lowest BCUT2D eigenvalue weighted by atomic mass is 10.2. The molecule has 2 atom stereocenters. The Morgan fingerprint density at radius 2 is 1.45 bits per heavy atom. The molecule has 122 valence electrons. The maximum absolute atomic E-state index is 11.6. The van der Waals surface area contributed by atoms with Gasteiger partial charge in [-0.25, -0.2) is 9.97 Å². The largest absolute Gasteiger partial charge is 0.321 e. The molecule has 2 aromatic heterocycles. The maximum Gasteiger partial charge on any atom is 0.319 e. The average Bonchev–Trinajstić information content (AvgIpc) is 3.20. The Bertz CT molecular complexity index is 500. The first-order valence-corrected chi connectivity index (χ1v) is 7.91. The topological polar surface area (TPSA) is 171 Å². The summed E-state index contributed by atoms with van der Waals surface area (Å²) in [5, 5.41) is 12.9. The van der Waals surface area contributed by atoms with E-state index in [1.54, 1.807) is 0 Å². The molecule has 2 unspecified atom stereocenters. The fourth-order valence-corrected chi connectivity index (χ4v) is 2.29. The van der Waals surface area contributed by atoms with Gasteiger partial charge in [0.2, 0.25) is 0 Å². The van der Waals surface area contributed by atoms with Crippen LogP contribution in [0.4, 0.5) is 0 Å². The molecule has 22 heavy (non-hydrogen) atoms. The van der Waals surface area contributed by atoms with Crippen LogP contribution in [0.3, 0.4) is 0 Å². The number of nitrogens with one attached hydrogen (secondary N) is 2. The highest BCUT2D eigenvalue weighted by Gasteiger charge is 2.12. The van der Waals surface area contributed by atoms with Crippen LogP contribution < -0.4 is 11.5 Å². The molecule has 11 nitrogen and oxygen atoms in total. The van der Waals surface area contributed by atoms with Gasteiger partial charge in [0.25, 0.3) is 0 Å². The quantitative estimate of drug-likeness (QED) is 0.431. The number of rotatable bonds is 10. The zero-order valence-electron chi connectivity index (χ0n) is 11.8. The van der Waals surface area contributed by atoms with Gasteiger partial charge >= 0.3 is 8.25 Å². The first-order valence-electron chi connectivity index (χ1n) is 6.69. The van der Waals surface area contributed by atoms with Crippen molar-refractivity contribution < 1.29 is 13.6 Å². The first kappa shape index (κ1) is 16.7. The van der Waals surface area contributed by atoms with Gasteiger partial charge in [-0.3, -0.25) is 14.8 Å². The molecule has 0 saturated heterocycles. The molecule has 0 aliphatic heterocycles. The van der Waals surface area contributed by atoms with Crippen LogP contribution in [0.1, 0.15) is 36.6 Å². The Labute approximate surface area is 127 Å². The Morgan fingerprint density at radius 3 is 1.82 bits per heavy atom. The van der Waals surface area contributed by atoms with Crippen molar-refractivity contribution >= 4 is 8.25 Å². The molecule has 2 heterocycles. The number of aromatic nitrogens is 6. The minimum absolute atomic E-state index is 0.195. The molecule has 2 aromatic rings. The zero-order valence-corrected chi connectivity index (χ0v) is 12.8. The van der Waals surface area contributed by atoms with E-state index in [0.717, 1.165) is 0 Å². The van der Waals surface area contributed by atoms with Gasteiger partial charge in [-0.15, -0.1) is 0 Å². The number of aromatic amines is 2. The number of hydrogen-bond donors (Lipinski definition) is 4. The summed E-state index contributed by atoms with van der Waals surface area (Å²) < 4.78 is 21.7. The predicted octanol–water partition coefficient (Wildman–Crippen LogP) is -0.174. The van der Waals surface area contributed by atoms with Gasteiger partial charge in [-0.1, -0.05) is 0 Å². The summed E-state index contributed by atoms with van der Waals surface area (Å²) in [7, 11) is -2.58. The van der Waals surface area contributed by atoms with Gasteiger partial charge in [0.1, 0.15) is 12.7 Å². The Hall–Kier alpha value is -1.65. The highest BCUT2D eigenvalue weighted by Crippen LogP contribution is 2.25. The molecule has 0 spiro atoms. The van der Waals surface area contributed by atoms with Crippen molar-refractivity contribution in [2.24, 2.45) is 11.5 Å². The summed E-state index contributed by atoms with van der Waals surface area (Å²) >= 11 is 0. The predicted molar refractivity (Wildman–Crippen MR) is 76.8 cm³/mol. The minimum Gasteiger partial charge on any atom is -0.321 e.